The van der Waals surface area contributed by atoms with Crippen LogP contribution < -0.4 is 5.32 Å². The smallest absolute Gasteiger partial charge is 0.323 e. The standard InChI is InChI=1S/C12H10ClF3N4O/c1-7(13)11(21)19-9-4-8(12(14,15)16)2-3-10(9)20-6-17-5-18-20/h2-7H,1H3,(H,19,21). The van der Waals surface area contributed by atoms with Crippen LogP contribution in [0.2, 0.25) is 0 Å². The van der Waals surface area contributed by atoms with E-state index in [2.05, 4.69) is 15.4 Å². The minimum Gasteiger partial charge on any atom is -0.323 e. The Morgan fingerprint density at radius 3 is 2.67 bits per heavy atom. The van der Waals surface area contributed by atoms with Gasteiger partial charge in [0.15, 0.2) is 0 Å². The third-order valence-corrected chi connectivity index (χ3v) is 2.81. The van der Waals surface area contributed by atoms with E-state index < -0.39 is 23.0 Å². The molecule has 1 amide bonds. The van der Waals surface area contributed by atoms with Gasteiger partial charge < -0.3 is 5.32 Å². The summed E-state index contributed by atoms with van der Waals surface area (Å²) >= 11 is 5.62. The Kier molecular flexibility index (Phi) is 4.17. The molecule has 9 heteroatoms. The second kappa shape index (κ2) is 5.72. The van der Waals surface area contributed by atoms with Gasteiger partial charge in [0.2, 0.25) is 5.91 Å². The molecule has 0 fully saturated rings. The van der Waals surface area contributed by atoms with Gasteiger partial charge >= 0.3 is 6.18 Å². The van der Waals surface area contributed by atoms with E-state index in [0.29, 0.717) is 0 Å². The molecule has 2 aromatic rings. The second-order valence-corrected chi connectivity index (χ2v) is 4.83. The Labute approximate surface area is 122 Å². The van der Waals surface area contributed by atoms with Crippen molar-refractivity contribution in [1.82, 2.24) is 14.8 Å². The first-order chi connectivity index (χ1) is 9.79. The SMILES string of the molecule is CC(Cl)C(=O)Nc1cc(C(F)(F)F)ccc1-n1cncn1. The number of carbonyl (C=O) groups is 1. The summed E-state index contributed by atoms with van der Waals surface area (Å²) in [6.07, 6.45) is -1.98. The van der Waals surface area contributed by atoms with Crippen LogP contribution in [0, 0.1) is 0 Å². The quantitative estimate of drug-likeness (QED) is 0.885. The number of hydrogen-bond donors (Lipinski definition) is 1. The lowest BCUT2D eigenvalue weighted by Gasteiger charge is -2.14. The van der Waals surface area contributed by atoms with Crippen molar-refractivity contribution < 1.29 is 18.0 Å². The van der Waals surface area contributed by atoms with Crippen LogP contribution in [0.15, 0.2) is 30.9 Å². The third kappa shape index (κ3) is 3.52. The van der Waals surface area contributed by atoms with Crippen LogP contribution in [0.5, 0.6) is 0 Å². The van der Waals surface area contributed by atoms with Gasteiger partial charge in [-0.15, -0.1) is 11.6 Å². The molecule has 0 saturated heterocycles. The first kappa shape index (κ1) is 15.3. The maximum absolute atomic E-state index is 12.8. The largest absolute Gasteiger partial charge is 0.416 e. The second-order valence-electron chi connectivity index (χ2n) is 4.17. The molecule has 1 heterocycles. The highest BCUT2D eigenvalue weighted by Gasteiger charge is 2.31. The molecular formula is C12H10ClF3N4O. The zero-order valence-electron chi connectivity index (χ0n) is 10.7. The molecule has 0 radical (unpaired) electrons. The van der Waals surface area contributed by atoms with E-state index in [-0.39, 0.29) is 11.4 Å². The van der Waals surface area contributed by atoms with Crippen molar-refractivity contribution in [3.63, 3.8) is 0 Å². The third-order valence-electron chi connectivity index (χ3n) is 2.61. The Morgan fingerprint density at radius 2 is 2.14 bits per heavy atom. The van der Waals surface area contributed by atoms with Crippen LogP contribution in [0.3, 0.4) is 0 Å². The van der Waals surface area contributed by atoms with Gasteiger partial charge in [-0.25, -0.2) is 9.67 Å². The van der Waals surface area contributed by atoms with E-state index >= 15 is 0 Å². The number of nitrogens with zero attached hydrogens (tertiary/aromatic N) is 3. The van der Waals surface area contributed by atoms with Gasteiger partial charge in [0.1, 0.15) is 18.0 Å². The van der Waals surface area contributed by atoms with Gasteiger partial charge in [-0.05, 0) is 25.1 Å². The number of halogens is 4. The zero-order chi connectivity index (χ0) is 15.6. The summed E-state index contributed by atoms with van der Waals surface area (Å²) in [5.41, 5.74) is -0.678. The van der Waals surface area contributed by atoms with Crippen molar-refractivity contribution >= 4 is 23.2 Å². The average Bonchev–Trinajstić information content (AvgIpc) is 2.91. The predicted molar refractivity (Wildman–Crippen MR) is 70.3 cm³/mol. The summed E-state index contributed by atoms with van der Waals surface area (Å²) in [6.45, 7) is 1.42. The van der Waals surface area contributed by atoms with Gasteiger partial charge in [0, 0.05) is 0 Å². The molecule has 5 nitrogen and oxygen atoms in total. The molecule has 1 unspecified atom stereocenters. The van der Waals surface area contributed by atoms with Crippen LogP contribution in [0.4, 0.5) is 18.9 Å². The maximum atomic E-state index is 12.8. The molecule has 0 saturated carbocycles. The number of rotatable bonds is 3. The first-order valence-electron chi connectivity index (χ1n) is 5.80. The summed E-state index contributed by atoms with van der Waals surface area (Å²) in [4.78, 5) is 15.3. The van der Waals surface area contributed by atoms with Crippen LogP contribution >= 0.6 is 11.6 Å². The Morgan fingerprint density at radius 1 is 1.43 bits per heavy atom. The van der Waals surface area contributed by atoms with Crippen LogP contribution in [0.25, 0.3) is 5.69 Å². The van der Waals surface area contributed by atoms with Crippen molar-refractivity contribution in [3.8, 4) is 5.69 Å². The fourth-order valence-electron chi connectivity index (χ4n) is 1.58. The summed E-state index contributed by atoms with van der Waals surface area (Å²) in [6, 6.07) is 2.93. The van der Waals surface area contributed by atoms with E-state index in [9.17, 15) is 18.0 Å². The molecule has 0 aliphatic rings. The number of benzene rings is 1. The van der Waals surface area contributed by atoms with Gasteiger partial charge in [0.25, 0.3) is 0 Å². The van der Waals surface area contributed by atoms with Crippen molar-refractivity contribution in [2.24, 2.45) is 0 Å². The van der Waals surface area contributed by atoms with Crippen LogP contribution in [-0.2, 0) is 11.0 Å². The number of amides is 1. The molecule has 1 atom stereocenters. The summed E-state index contributed by atoms with van der Waals surface area (Å²) in [5.74, 6) is -0.614. The highest BCUT2D eigenvalue weighted by Crippen LogP contribution is 2.33. The Balaban J connectivity index is 2.48. The summed E-state index contributed by atoms with van der Waals surface area (Å²) < 4.78 is 39.5. The number of aromatic nitrogens is 3. The summed E-state index contributed by atoms with van der Waals surface area (Å²) in [7, 11) is 0. The summed E-state index contributed by atoms with van der Waals surface area (Å²) in [5, 5.41) is 5.30. The molecule has 0 bridgehead atoms. The molecular weight excluding hydrogens is 309 g/mol. The van der Waals surface area contributed by atoms with Crippen LogP contribution in [0.1, 0.15) is 12.5 Å². The lowest BCUT2D eigenvalue weighted by Crippen LogP contribution is -2.22. The van der Waals surface area contributed by atoms with Gasteiger partial charge in [-0.1, -0.05) is 0 Å². The molecule has 1 aromatic heterocycles. The molecule has 112 valence electrons. The van der Waals surface area contributed by atoms with Crippen molar-refractivity contribution in [2.75, 3.05) is 5.32 Å². The fraction of sp³-hybridized carbons (Fsp3) is 0.250. The number of alkyl halides is 4. The molecule has 0 spiro atoms. The van der Waals surface area contributed by atoms with E-state index in [1.807, 2.05) is 0 Å². The fourth-order valence-corrected chi connectivity index (χ4v) is 1.63. The molecule has 1 aromatic carbocycles. The normalized spacial score (nSPS) is 13.0. The Bertz CT molecular complexity index is 640. The minimum atomic E-state index is -4.52. The topological polar surface area (TPSA) is 59.8 Å². The van der Waals surface area contributed by atoms with E-state index in [0.717, 1.165) is 12.1 Å². The highest BCUT2D eigenvalue weighted by atomic mass is 35.5. The lowest BCUT2D eigenvalue weighted by molar-refractivity contribution is -0.137. The van der Waals surface area contributed by atoms with Gasteiger partial charge in [-0.2, -0.15) is 18.3 Å². The van der Waals surface area contributed by atoms with Crippen LogP contribution in [-0.4, -0.2) is 26.0 Å². The number of anilines is 1. The molecule has 1 N–H and O–H groups in total. The first-order valence-corrected chi connectivity index (χ1v) is 6.24. The Hall–Kier alpha value is -2.09. The zero-order valence-corrected chi connectivity index (χ0v) is 11.5. The molecule has 0 aliphatic carbocycles. The van der Waals surface area contributed by atoms with Crippen molar-refractivity contribution in [1.29, 1.82) is 0 Å². The maximum Gasteiger partial charge on any atom is 0.416 e. The molecule has 2 rings (SSSR count). The van der Waals surface area contributed by atoms with Crippen molar-refractivity contribution in [3.05, 3.63) is 36.4 Å². The minimum absolute atomic E-state index is 0.0483. The highest BCUT2D eigenvalue weighted by molar-refractivity contribution is 6.32. The number of nitrogens with one attached hydrogen (secondary N) is 1. The monoisotopic (exact) mass is 318 g/mol. The van der Waals surface area contributed by atoms with E-state index in [1.165, 1.54) is 30.3 Å². The molecule has 0 aliphatic heterocycles. The lowest BCUT2D eigenvalue weighted by atomic mass is 10.1. The van der Waals surface area contributed by atoms with E-state index in [1.54, 1.807) is 0 Å². The van der Waals surface area contributed by atoms with Gasteiger partial charge in [-0.3, -0.25) is 4.79 Å². The average molecular weight is 319 g/mol. The number of hydrogen-bond acceptors (Lipinski definition) is 3. The molecule has 21 heavy (non-hydrogen) atoms. The predicted octanol–water partition coefficient (Wildman–Crippen LogP) is 2.85. The number of carbonyl (C=O) groups excluding carboxylic acids is 1. The van der Waals surface area contributed by atoms with E-state index in [4.69, 9.17) is 11.6 Å². The van der Waals surface area contributed by atoms with Gasteiger partial charge in [0.05, 0.1) is 16.9 Å². The van der Waals surface area contributed by atoms with Crippen molar-refractivity contribution in [2.45, 2.75) is 18.5 Å².